The monoisotopic (exact) mass is 315 g/mol. The van der Waals surface area contributed by atoms with Crippen LogP contribution in [0.25, 0.3) is 0 Å². The Balaban J connectivity index is 2.70. The van der Waals surface area contributed by atoms with E-state index in [0.29, 0.717) is 13.2 Å². The molecule has 102 valence electrons. The zero-order chi connectivity index (χ0) is 13.4. The first-order chi connectivity index (χ1) is 8.69. The maximum Gasteiger partial charge on any atom is 0.125 e. The summed E-state index contributed by atoms with van der Waals surface area (Å²) in [6, 6.07) is 6.42. The first kappa shape index (κ1) is 15.5. The van der Waals surface area contributed by atoms with Gasteiger partial charge in [-0.05, 0) is 32.5 Å². The highest BCUT2D eigenvalue weighted by molar-refractivity contribution is 9.10. The van der Waals surface area contributed by atoms with Gasteiger partial charge in [0, 0.05) is 22.7 Å². The molecular formula is C14H22BrNO2. The van der Waals surface area contributed by atoms with E-state index in [4.69, 9.17) is 9.47 Å². The largest absolute Gasteiger partial charge is 0.491 e. The molecule has 0 amide bonds. The minimum Gasteiger partial charge on any atom is -0.491 e. The lowest BCUT2D eigenvalue weighted by atomic mass is 10.1. The second-order valence-corrected chi connectivity index (χ2v) is 4.92. The Morgan fingerprint density at radius 1 is 1.28 bits per heavy atom. The highest BCUT2D eigenvalue weighted by atomic mass is 79.9. The van der Waals surface area contributed by atoms with Gasteiger partial charge in [-0.15, -0.1) is 0 Å². The van der Waals surface area contributed by atoms with E-state index < -0.39 is 0 Å². The number of halogens is 1. The second-order valence-electron chi connectivity index (χ2n) is 4.01. The summed E-state index contributed by atoms with van der Waals surface area (Å²) in [6.45, 7) is 9.09. The van der Waals surface area contributed by atoms with Crippen molar-refractivity contribution in [3.05, 3.63) is 28.2 Å². The van der Waals surface area contributed by atoms with Gasteiger partial charge in [0.05, 0.1) is 6.61 Å². The molecule has 0 aromatic heterocycles. The summed E-state index contributed by atoms with van der Waals surface area (Å²) >= 11 is 3.48. The Morgan fingerprint density at radius 3 is 2.72 bits per heavy atom. The average molecular weight is 316 g/mol. The second kappa shape index (κ2) is 8.51. The van der Waals surface area contributed by atoms with E-state index in [0.717, 1.165) is 23.4 Å². The maximum absolute atomic E-state index is 5.79. The number of rotatable bonds is 8. The van der Waals surface area contributed by atoms with Crippen LogP contribution in [0.1, 0.15) is 32.4 Å². The van der Waals surface area contributed by atoms with Gasteiger partial charge in [-0.25, -0.2) is 0 Å². The SMILES string of the molecule is CCNC(C)c1ccc(Br)cc1OCCOCC. The minimum absolute atomic E-state index is 0.283. The number of hydrogen-bond acceptors (Lipinski definition) is 3. The summed E-state index contributed by atoms with van der Waals surface area (Å²) in [6.07, 6.45) is 0. The lowest BCUT2D eigenvalue weighted by Crippen LogP contribution is -2.19. The molecule has 0 bridgehead atoms. The Kier molecular flexibility index (Phi) is 7.32. The van der Waals surface area contributed by atoms with Crippen LogP contribution in [-0.2, 0) is 4.74 Å². The molecule has 0 heterocycles. The fourth-order valence-electron chi connectivity index (χ4n) is 1.76. The Morgan fingerprint density at radius 2 is 2.06 bits per heavy atom. The van der Waals surface area contributed by atoms with Crippen LogP contribution in [0.5, 0.6) is 5.75 Å². The van der Waals surface area contributed by atoms with Gasteiger partial charge < -0.3 is 14.8 Å². The molecular weight excluding hydrogens is 294 g/mol. The van der Waals surface area contributed by atoms with Crippen molar-refractivity contribution in [3.8, 4) is 5.75 Å². The summed E-state index contributed by atoms with van der Waals surface area (Å²) < 4.78 is 12.1. The van der Waals surface area contributed by atoms with Crippen molar-refractivity contribution in [1.82, 2.24) is 5.32 Å². The lowest BCUT2D eigenvalue weighted by Gasteiger charge is -2.18. The van der Waals surface area contributed by atoms with E-state index in [-0.39, 0.29) is 6.04 Å². The van der Waals surface area contributed by atoms with Crippen LogP contribution in [0.4, 0.5) is 0 Å². The van der Waals surface area contributed by atoms with Gasteiger partial charge in [0.15, 0.2) is 0 Å². The molecule has 1 aromatic rings. The van der Waals surface area contributed by atoms with Crippen molar-refractivity contribution >= 4 is 15.9 Å². The van der Waals surface area contributed by atoms with E-state index in [1.165, 1.54) is 5.56 Å². The van der Waals surface area contributed by atoms with Crippen LogP contribution in [0.15, 0.2) is 22.7 Å². The summed E-state index contributed by atoms with van der Waals surface area (Å²) in [5.74, 6) is 0.914. The third-order valence-corrected chi connectivity index (χ3v) is 3.14. The van der Waals surface area contributed by atoms with Crippen molar-refractivity contribution in [2.75, 3.05) is 26.4 Å². The first-order valence-corrected chi connectivity index (χ1v) is 7.21. The van der Waals surface area contributed by atoms with E-state index in [9.17, 15) is 0 Å². The normalized spacial score (nSPS) is 12.4. The van der Waals surface area contributed by atoms with Crippen LogP contribution in [0, 0.1) is 0 Å². The third-order valence-electron chi connectivity index (χ3n) is 2.64. The van der Waals surface area contributed by atoms with Crippen molar-refractivity contribution in [1.29, 1.82) is 0 Å². The molecule has 3 nitrogen and oxygen atoms in total. The predicted molar refractivity (Wildman–Crippen MR) is 78.2 cm³/mol. The van der Waals surface area contributed by atoms with Gasteiger partial charge in [-0.1, -0.05) is 28.9 Å². The van der Waals surface area contributed by atoms with Gasteiger partial charge >= 0.3 is 0 Å². The topological polar surface area (TPSA) is 30.5 Å². The molecule has 1 N–H and O–H groups in total. The molecule has 0 aliphatic rings. The zero-order valence-electron chi connectivity index (χ0n) is 11.3. The van der Waals surface area contributed by atoms with E-state index in [1.807, 2.05) is 19.1 Å². The van der Waals surface area contributed by atoms with E-state index >= 15 is 0 Å². The minimum atomic E-state index is 0.283. The molecule has 0 saturated carbocycles. The molecule has 1 atom stereocenters. The number of benzene rings is 1. The van der Waals surface area contributed by atoms with Gasteiger partial charge in [-0.2, -0.15) is 0 Å². The molecule has 1 unspecified atom stereocenters. The predicted octanol–water partition coefficient (Wildman–Crippen LogP) is 3.53. The van der Waals surface area contributed by atoms with Gasteiger partial charge in [0.2, 0.25) is 0 Å². The molecule has 1 rings (SSSR count). The maximum atomic E-state index is 5.79. The number of hydrogen-bond donors (Lipinski definition) is 1. The van der Waals surface area contributed by atoms with Gasteiger partial charge in [0.1, 0.15) is 12.4 Å². The Labute approximate surface area is 118 Å². The quantitative estimate of drug-likeness (QED) is 0.744. The fraction of sp³-hybridized carbons (Fsp3) is 0.571. The summed E-state index contributed by atoms with van der Waals surface area (Å²) in [5, 5.41) is 3.40. The van der Waals surface area contributed by atoms with Crippen LogP contribution in [0.2, 0.25) is 0 Å². The lowest BCUT2D eigenvalue weighted by molar-refractivity contribution is 0.109. The zero-order valence-corrected chi connectivity index (χ0v) is 12.9. The summed E-state index contributed by atoms with van der Waals surface area (Å²) in [7, 11) is 0. The van der Waals surface area contributed by atoms with Crippen LogP contribution >= 0.6 is 15.9 Å². The van der Waals surface area contributed by atoms with Crippen molar-refractivity contribution in [2.45, 2.75) is 26.8 Å². The van der Waals surface area contributed by atoms with Gasteiger partial charge in [-0.3, -0.25) is 0 Å². The van der Waals surface area contributed by atoms with Crippen molar-refractivity contribution in [3.63, 3.8) is 0 Å². The first-order valence-electron chi connectivity index (χ1n) is 6.42. The number of nitrogens with one attached hydrogen (secondary N) is 1. The fourth-order valence-corrected chi connectivity index (χ4v) is 2.10. The molecule has 0 radical (unpaired) electrons. The molecule has 0 fully saturated rings. The number of ether oxygens (including phenoxy) is 2. The molecule has 18 heavy (non-hydrogen) atoms. The Hall–Kier alpha value is -0.580. The summed E-state index contributed by atoms with van der Waals surface area (Å²) in [5.41, 5.74) is 1.18. The summed E-state index contributed by atoms with van der Waals surface area (Å²) in [4.78, 5) is 0. The van der Waals surface area contributed by atoms with Crippen molar-refractivity contribution in [2.24, 2.45) is 0 Å². The molecule has 0 aliphatic heterocycles. The molecule has 0 saturated heterocycles. The van der Waals surface area contributed by atoms with Crippen LogP contribution < -0.4 is 10.1 Å². The van der Waals surface area contributed by atoms with Crippen LogP contribution in [0.3, 0.4) is 0 Å². The molecule has 0 spiro atoms. The van der Waals surface area contributed by atoms with E-state index in [2.05, 4.69) is 41.2 Å². The molecule has 0 aliphatic carbocycles. The molecule has 4 heteroatoms. The molecule has 1 aromatic carbocycles. The smallest absolute Gasteiger partial charge is 0.125 e. The van der Waals surface area contributed by atoms with Crippen LogP contribution in [-0.4, -0.2) is 26.4 Å². The highest BCUT2D eigenvalue weighted by Crippen LogP contribution is 2.28. The van der Waals surface area contributed by atoms with Crippen molar-refractivity contribution < 1.29 is 9.47 Å². The average Bonchev–Trinajstić information content (AvgIpc) is 2.35. The third kappa shape index (κ3) is 4.96. The Bertz CT molecular complexity index is 358. The highest BCUT2D eigenvalue weighted by Gasteiger charge is 2.11. The van der Waals surface area contributed by atoms with E-state index in [1.54, 1.807) is 0 Å². The van der Waals surface area contributed by atoms with Gasteiger partial charge in [0.25, 0.3) is 0 Å². The standard InChI is InChI=1S/C14H22BrNO2/c1-4-16-11(3)13-7-6-12(15)10-14(13)18-9-8-17-5-2/h6-7,10-11,16H,4-5,8-9H2,1-3H3.